The average Bonchev–Trinajstić information content (AvgIpc) is 2.39. The minimum atomic E-state index is -4.39. The molecule has 0 spiro atoms. The van der Waals surface area contributed by atoms with E-state index in [0.717, 1.165) is 38.1 Å². The molecule has 2 rings (SSSR count). The lowest BCUT2D eigenvalue weighted by molar-refractivity contribution is -0.137. The number of carbonyl (C=O) groups is 1. The van der Waals surface area contributed by atoms with Gasteiger partial charge in [0.2, 0.25) is 5.91 Å². The van der Waals surface area contributed by atoms with E-state index in [4.69, 9.17) is 0 Å². The van der Waals surface area contributed by atoms with Crippen molar-refractivity contribution in [1.82, 2.24) is 5.32 Å². The van der Waals surface area contributed by atoms with E-state index in [-0.39, 0.29) is 11.6 Å². The third kappa shape index (κ3) is 4.23. The molecule has 2 N–H and O–H groups in total. The molecule has 20 heavy (non-hydrogen) atoms. The standard InChI is InChI=1S/C14H17F3N2O/c15-14(16,17)11-2-1-3-12(9-11)19-13(20)8-10-4-6-18-7-5-10/h1-3,9-10,18H,4-8H2,(H,19,20). The van der Waals surface area contributed by atoms with Crippen molar-refractivity contribution < 1.29 is 18.0 Å². The van der Waals surface area contributed by atoms with E-state index in [0.29, 0.717) is 12.3 Å². The Kier molecular flexibility index (Phi) is 4.65. The maximum absolute atomic E-state index is 12.6. The summed E-state index contributed by atoms with van der Waals surface area (Å²) in [5.74, 6) is 0.0817. The van der Waals surface area contributed by atoms with Crippen molar-refractivity contribution >= 4 is 11.6 Å². The molecule has 0 bridgehead atoms. The van der Waals surface area contributed by atoms with Crippen LogP contribution in [0.25, 0.3) is 0 Å². The van der Waals surface area contributed by atoms with Crippen LogP contribution in [0.1, 0.15) is 24.8 Å². The van der Waals surface area contributed by atoms with Gasteiger partial charge in [0.05, 0.1) is 5.56 Å². The van der Waals surface area contributed by atoms with Crippen LogP contribution >= 0.6 is 0 Å². The van der Waals surface area contributed by atoms with Gasteiger partial charge in [0.25, 0.3) is 0 Å². The summed E-state index contributed by atoms with van der Waals surface area (Å²) in [4.78, 5) is 11.8. The van der Waals surface area contributed by atoms with Gasteiger partial charge in [-0.25, -0.2) is 0 Å². The summed E-state index contributed by atoms with van der Waals surface area (Å²) >= 11 is 0. The number of rotatable bonds is 3. The molecular formula is C14H17F3N2O. The molecule has 1 saturated heterocycles. The minimum absolute atomic E-state index is 0.193. The molecule has 1 aromatic rings. The zero-order valence-electron chi connectivity index (χ0n) is 11.0. The summed E-state index contributed by atoms with van der Waals surface area (Å²) in [5.41, 5.74) is -0.559. The van der Waals surface area contributed by atoms with Gasteiger partial charge in [-0.15, -0.1) is 0 Å². The fraction of sp³-hybridized carbons (Fsp3) is 0.500. The molecule has 1 aromatic carbocycles. The molecule has 0 saturated carbocycles. The number of hydrogen-bond donors (Lipinski definition) is 2. The summed E-state index contributed by atoms with van der Waals surface area (Å²) in [6, 6.07) is 4.71. The number of halogens is 3. The van der Waals surface area contributed by atoms with Gasteiger partial charge in [0.15, 0.2) is 0 Å². The van der Waals surface area contributed by atoms with Gasteiger partial charge in [-0.3, -0.25) is 4.79 Å². The highest BCUT2D eigenvalue weighted by molar-refractivity contribution is 5.90. The quantitative estimate of drug-likeness (QED) is 0.896. The van der Waals surface area contributed by atoms with Gasteiger partial charge in [-0.1, -0.05) is 6.07 Å². The lowest BCUT2D eigenvalue weighted by atomic mass is 9.94. The molecule has 110 valence electrons. The van der Waals surface area contributed by atoms with Gasteiger partial charge in [0.1, 0.15) is 0 Å². The number of amides is 1. The molecule has 0 unspecified atom stereocenters. The van der Waals surface area contributed by atoms with E-state index in [2.05, 4.69) is 10.6 Å². The lowest BCUT2D eigenvalue weighted by Gasteiger charge is -2.22. The normalized spacial score (nSPS) is 16.9. The van der Waals surface area contributed by atoms with E-state index in [9.17, 15) is 18.0 Å². The predicted octanol–water partition coefficient (Wildman–Crippen LogP) is 3.03. The van der Waals surface area contributed by atoms with Crippen LogP contribution in [0.5, 0.6) is 0 Å². The third-order valence-electron chi connectivity index (χ3n) is 3.41. The van der Waals surface area contributed by atoms with Crippen LogP contribution in [0, 0.1) is 5.92 Å². The number of piperidine rings is 1. The van der Waals surface area contributed by atoms with E-state index >= 15 is 0 Å². The first kappa shape index (κ1) is 14.8. The zero-order valence-corrected chi connectivity index (χ0v) is 11.0. The Labute approximate surface area is 115 Å². The van der Waals surface area contributed by atoms with Crippen molar-refractivity contribution in [3.05, 3.63) is 29.8 Å². The highest BCUT2D eigenvalue weighted by Crippen LogP contribution is 2.30. The molecule has 3 nitrogen and oxygen atoms in total. The lowest BCUT2D eigenvalue weighted by Crippen LogP contribution is -2.30. The molecule has 0 radical (unpaired) electrons. The highest BCUT2D eigenvalue weighted by Gasteiger charge is 2.30. The Balaban J connectivity index is 1.93. The number of hydrogen-bond acceptors (Lipinski definition) is 2. The van der Waals surface area contributed by atoms with E-state index in [1.807, 2.05) is 0 Å². The molecule has 1 heterocycles. The van der Waals surface area contributed by atoms with Crippen molar-refractivity contribution in [3.8, 4) is 0 Å². The van der Waals surface area contributed by atoms with Crippen molar-refractivity contribution in [2.45, 2.75) is 25.4 Å². The predicted molar refractivity (Wildman–Crippen MR) is 70.3 cm³/mol. The van der Waals surface area contributed by atoms with Crippen LogP contribution in [0.4, 0.5) is 18.9 Å². The molecule has 1 amide bonds. The average molecular weight is 286 g/mol. The second-order valence-electron chi connectivity index (χ2n) is 5.02. The molecule has 0 aliphatic carbocycles. The first-order chi connectivity index (χ1) is 9.45. The summed E-state index contributed by atoms with van der Waals surface area (Å²) in [6.07, 6.45) is -2.18. The summed E-state index contributed by atoms with van der Waals surface area (Å²) < 4.78 is 37.7. The van der Waals surface area contributed by atoms with Crippen LogP contribution in [-0.4, -0.2) is 19.0 Å². The van der Waals surface area contributed by atoms with Gasteiger partial charge in [0, 0.05) is 12.1 Å². The van der Waals surface area contributed by atoms with Gasteiger partial charge >= 0.3 is 6.18 Å². The largest absolute Gasteiger partial charge is 0.416 e. The maximum atomic E-state index is 12.6. The van der Waals surface area contributed by atoms with Crippen LogP contribution in [0.15, 0.2) is 24.3 Å². The monoisotopic (exact) mass is 286 g/mol. The van der Waals surface area contributed by atoms with Crippen molar-refractivity contribution in [3.63, 3.8) is 0 Å². The van der Waals surface area contributed by atoms with Crippen molar-refractivity contribution in [1.29, 1.82) is 0 Å². The first-order valence-corrected chi connectivity index (χ1v) is 6.63. The van der Waals surface area contributed by atoms with Gasteiger partial charge < -0.3 is 10.6 Å². The highest BCUT2D eigenvalue weighted by atomic mass is 19.4. The fourth-order valence-electron chi connectivity index (χ4n) is 2.33. The Bertz CT molecular complexity index is 468. The summed E-state index contributed by atoms with van der Waals surface area (Å²) in [5, 5.41) is 5.75. The third-order valence-corrected chi connectivity index (χ3v) is 3.41. The fourth-order valence-corrected chi connectivity index (χ4v) is 2.33. The maximum Gasteiger partial charge on any atom is 0.416 e. The Morgan fingerprint density at radius 2 is 2.00 bits per heavy atom. The number of alkyl halides is 3. The summed E-state index contributed by atoms with van der Waals surface area (Å²) in [6.45, 7) is 1.78. The van der Waals surface area contributed by atoms with Crippen LogP contribution in [0.3, 0.4) is 0 Å². The van der Waals surface area contributed by atoms with Crippen molar-refractivity contribution in [2.75, 3.05) is 18.4 Å². The number of anilines is 1. The van der Waals surface area contributed by atoms with E-state index in [1.54, 1.807) is 0 Å². The van der Waals surface area contributed by atoms with Gasteiger partial charge in [-0.2, -0.15) is 13.2 Å². The van der Waals surface area contributed by atoms with Crippen LogP contribution in [0.2, 0.25) is 0 Å². The van der Waals surface area contributed by atoms with Gasteiger partial charge in [-0.05, 0) is 50.0 Å². The molecule has 6 heteroatoms. The van der Waals surface area contributed by atoms with E-state index in [1.165, 1.54) is 12.1 Å². The molecule has 1 aliphatic rings. The molecule has 0 atom stereocenters. The summed E-state index contributed by atoms with van der Waals surface area (Å²) in [7, 11) is 0. The molecular weight excluding hydrogens is 269 g/mol. The zero-order chi connectivity index (χ0) is 14.6. The van der Waals surface area contributed by atoms with Crippen molar-refractivity contribution in [2.24, 2.45) is 5.92 Å². The molecule has 1 aliphatic heterocycles. The Morgan fingerprint density at radius 3 is 2.65 bits per heavy atom. The number of nitrogens with one attached hydrogen (secondary N) is 2. The minimum Gasteiger partial charge on any atom is -0.326 e. The SMILES string of the molecule is O=C(CC1CCNCC1)Nc1cccc(C(F)(F)F)c1. The second kappa shape index (κ2) is 6.26. The number of benzene rings is 1. The second-order valence-corrected chi connectivity index (χ2v) is 5.02. The molecule has 0 aromatic heterocycles. The topological polar surface area (TPSA) is 41.1 Å². The van der Waals surface area contributed by atoms with E-state index < -0.39 is 11.7 Å². The Hall–Kier alpha value is -1.56. The smallest absolute Gasteiger partial charge is 0.326 e. The first-order valence-electron chi connectivity index (χ1n) is 6.63. The molecule has 1 fully saturated rings. The van der Waals surface area contributed by atoms with Crippen LogP contribution in [-0.2, 0) is 11.0 Å². The van der Waals surface area contributed by atoms with Crippen LogP contribution < -0.4 is 10.6 Å². The Morgan fingerprint density at radius 1 is 1.30 bits per heavy atom. The number of carbonyl (C=O) groups excluding carboxylic acids is 1.